The number of benzene rings is 1. The number of likely N-dealkylation sites (tertiary alicyclic amines) is 1. The smallest absolute Gasteiger partial charge is 0.231 e. The van der Waals surface area contributed by atoms with Crippen LogP contribution in [-0.2, 0) is 4.79 Å². The zero-order valence-corrected chi connectivity index (χ0v) is 16.8. The summed E-state index contributed by atoms with van der Waals surface area (Å²) in [7, 11) is 0. The minimum Gasteiger partial charge on any atom is -0.454 e. The van der Waals surface area contributed by atoms with E-state index in [-0.39, 0.29) is 12.0 Å². The molecule has 5 aliphatic heterocycles. The van der Waals surface area contributed by atoms with Crippen LogP contribution in [-0.4, -0.2) is 65.4 Å². The summed E-state index contributed by atoms with van der Waals surface area (Å²) in [5.41, 5.74) is 1.27. The Kier molecular flexibility index (Phi) is 4.27. The van der Waals surface area contributed by atoms with E-state index in [9.17, 15) is 9.90 Å². The molecule has 6 heteroatoms. The van der Waals surface area contributed by atoms with E-state index in [0.29, 0.717) is 36.6 Å². The van der Waals surface area contributed by atoms with Crippen molar-refractivity contribution in [2.24, 2.45) is 11.8 Å². The van der Waals surface area contributed by atoms with Crippen molar-refractivity contribution in [1.29, 1.82) is 0 Å². The van der Waals surface area contributed by atoms with Crippen LogP contribution < -0.4 is 9.47 Å². The third kappa shape index (κ3) is 2.87. The lowest BCUT2D eigenvalue weighted by molar-refractivity contribution is -0.142. The van der Waals surface area contributed by atoms with Gasteiger partial charge < -0.3 is 19.5 Å². The summed E-state index contributed by atoms with van der Waals surface area (Å²) in [5.74, 6) is 3.04. The van der Waals surface area contributed by atoms with Crippen molar-refractivity contribution in [1.82, 2.24) is 9.80 Å². The topological polar surface area (TPSA) is 62.2 Å². The van der Waals surface area contributed by atoms with Crippen molar-refractivity contribution in [3.05, 3.63) is 23.8 Å². The van der Waals surface area contributed by atoms with E-state index in [2.05, 4.69) is 21.9 Å². The van der Waals surface area contributed by atoms with Crippen LogP contribution in [0.15, 0.2) is 18.2 Å². The van der Waals surface area contributed by atoms with Crippen LogP contribution >= 0.6 is 0 Å². The maximum atomic E-state index is 13.6. The first kappa shape index (κ1) is 18.0. The first-order valence-electron chi connectivity index (χ1n) is 11.3. The second kappa shape index (κ2) is 6.88. The maximum Gasteiger partial charge on any atom is 0.231 e. The van der Waals surface area contributed by atoms with Gasteiger partial charge in [0.05, 0.1) is 12.1 Å². The summed E-state index contributed by atoms with van der Waals surface area (Å²) < 4.78 is 11.1. The van der Waals surface area contributed by atoms with Gasteiger partial charge in [-0.15, -0.1) is 0 Å². The molecule has 0 unspecified atom stereocenters. The highest BCUT2D eigenvalue weighted by Crippen LogP contribution is 2.48. The van der Waals surface area contributed by atoms with Gasteiger partial charge in [0.2, 0.25) is 12.7 Å². The molecule has 0 aromatic heterocycles. The third-order valence-corrected chi connectivity index (χ3v) is 8.15. The van der Waals surface area contributed by atoms with E-state index >= 15 is 0 Å². The summed E-state index contributed by atoms with van der Waals surface area (Å²) in [5, 5.41) is 9.86. The number of nitrogens with zero attached hydrogens (tertiary/aromatic N) is 2. The first-order chi connectivity index (χ1) is 14.2. The molecular weight excluding hydrogens is 368 g/mol. The lowest BCUT2D eigenvalue weighted by Crippen LogP contribution is -2.61. The van der Waals surface area contributed by atoms with Gasteiger partial charge in [0.1, 0.15) is 0 Å². The Morgan fingerprint density at radius 1 is 0.966 bits per heavy atom. The van der Waals surface area contributed by atoms with Gasteiger partial charge in [0.15, 0.2) is 11.5 Å². The Labute approximate surface area is 171 Å². The highest BCUT2D eigenvalue weighted by Gasteiger charge is 2.55. The summed E-state index contributed by atoms with van der Waals surface area (Å²) >= 11 is 0. The fraction of sp³-hybridized carbons (Fsp3) is 0.696. The number of rotatable bonds is 2. The Morgan fingerprint density at radius 3 is 2.52 bits per heavy atom. The quantitative estimate of drug-likeness (QED) is 0.829. The molecule has 1 saturated carbocycles. The number of carbonyl (C=O) groups excluding carboxylic acids is 1. The summed E-state index contributed by atoms with van der Waals surface area (Å²) in [6.45, 7) is 3.41. The molecule has 29 heavy (non-hydrogen) atoms. The third-order valence-electron chi connectivity index (χ3n) is 8.15. The molecule has 3 atom stereocenters. The van der Waals surface area contributed by atoms with Gasteiger partial charge in [0.25, 0.3) is 0 Å². The average Bonchev–Trinajstić information content (AvgIpc) is 3.40. The second-order valence-corrected chi connectivity index (χ2v) is 9.57. The molecule has 0 radical (unpaired) electrons. The van der Waals surface area contributed by atoms with Gasteiger partial charge in [-0.2, -0.15) is 0 Å². The molecule has 0 spiro atoms. The van der Waals surface area contributed by atoms with Crippen molar-refractivity contribution < 1.29 is 19.4 Å². The summed E-state index contributed by atoms with van der Waals surface area (Å²) in [4.78, 5) is 18.5. The number of amides is 1. The van der Waals surface area contributed by atoms with Crippen molar-refractivity contribution in [2.45, 2.75) is 62.6 Å². The van der Waals surface area contributed by atoms with Crippen LogP contribution in [0.1, 0.15) is 50.0 Å². The predicted molar refractivity (Wildman–Crippen MR) is 107 cm³/mol. The molecule has 1 aliphatic carbocycles. The van der Waals surface area contributed by atoms with Gasteiger partial charge in [-0.3, -0.25) is 9.69 Å². The molecule has 1 N–H and O–H groups in total. The van der Waals surface area contributed by atoms with E-state index in [1.165, 1.54) is 18.4 Å². The van der Waals surface area contributed by atoms with Crippen molar-refractivity contribution >= 4 is 5.91 Å². The van der Waals surface area contributed by atoms with Crippen LogP contribution in [0.2, 0.25) is 0 Å². The number of piperidine rings is 3. The van der Waals surface area contributed by atoms with E-state index in [0.717, 1.165) is 56.8 Å². The number of aliphatic hydroxyl groups excluding tert-OH is 1. The molecule has 6 aliphatic rings. The van der Waals surface area contributed by atoms with Crippen molar-refractivity contribution in [2.75, 3.05) is 26.4 Å². The molecular formula is C23H30N2O4. The Balaban J connectivity index is 1.31. The van der Waals surface area contributed by atoms with Crippen molar-refractivity contribution in [3.63, 3.8) is 0 Å². The molecule has 1 aromatic carbocycles. The van der Waals surface area contributed by atoms with E-state index in [4.69, 9.17) is 9.47 Å². The highest BCUT2D eigenvalue weighted by atomic mass is 16.7. The molecule has 2 bridgehead atoms. The normalized spacial score (nSPS) is 40.2. The number of aliphatic hydroxyl groups is 1. The molecule has 1 aromatic rings. The van der Waals surface area contributed by atoms with Gasteiger partial charge in [-0.05, 0) is 75.2 Å². The maximum absolute atomic E-state index is 13.6. The fourth-order valence-corrected chi connectivity index (χ4v) is 6.67. The predicted octanol–water partition coefficient (Wildman–Crippen LogP) is 2.36. The lowest BCUT2D eigenvalue weighted by atomic mass is 9.75. The number of carbonyl (C=O) groups is 1. The van der Waals surface area contributed by atoms with E-state index in [1.807, 2.05) is 6.07 Å². The Hall–Kier alpha value is -1.79. The number of hydrogen-bond acceptors (Lipinski definition) is 5. The summed E-state index contributed by atoms with van der Waals surface area (Å²) in [6, 6.07) is 7.09. The first-order valence-corrected chi connectivity index (χ1v) is 11.3. The van der Waals surface area contributed by atoms with Crippen molar-refractivity contribution in [3.8, 4) is 11.5 Å². The zero-order valence-electron chi connectivity index (χ0n) is 16.8. The monoisotopic (exact) mass is 398 g/mol. The number of ether oxygens (including phenoxy) is 2. The van der Waals surface area contributed by atoms with Crippen LogP contribution in [0.5, 0.6) is 11.5 Å². The molecule has 156 valence electrons. The van der Waals surface area contributed by atoms with Gasteiger partial charge >= 0.3 is 0 Å². The van der Waals surface area contributed by atoms with Crippen LogP contribution in [0.3, 0.4) is 0 Å². The average molecular weight is 399 g/mol. The molecule has 5 heterocycles. The largest absolute Gasteiger partial charge is 0.454 e. The fourth-order valence-electron chi connectivity index (χ4n) is 6.67. The van der Waals surface area contributed by atoms with E-state index in [1.54, 1.807) is 0 Å². The lowest BCUT2D eigenvalue weighted by Gasteiger charge is -2.51. The van der Waals surface area contributed by atoms with Gasteiger partial charge in [-0.1, -0.05) is 6.07 Å². The number of hydrogen-bond donors (Lipinski definition) is 1. The zero-order chi connectivity index (χ0) is 19.5. The van der Waals surface area contributed by atoms with Crippen LogP contribution in [0.25, 0.3) is 0 Å². The second-order valence-electron chi connectivity index (χ2n) is 9.57. The van der Waals surface area contributed by atoms with Gasteiger partial charge in [0, 0.05) is 24.4 Å². The minimum atomic E-state index is -0.219. The molecule has 6 nitrogen and oxygen atoms in total. The van der Waals surface area contributed by atoms with Crippen LogP contribution in [0, 0.1) is 11.8 Å². The summed E-state index contributed by atoms with van der Waals surface area (Å²) in [6.07, 6.45) is 5.39. The number of fused-ring (bicyclic) bond motifs is 3. The standard InChI is InChI=1S/C23H30N2O4/c26-17-4-1-15(2-5-17)23(27)25-12-18(16-3-6-19-20(11-16)29-13-28-19)22-21(25)14-7-9-24(22)10-8-14/h3,6,11,14-15,17-18,21-22,26H,1-2,4-5,7-10,12-13H2/t15?,17?,18-,21+,22+/m0/s1. The molecule has 1 amide bonds. The van der Waals surface area contributed by atoms with E-state index < -0.39 is 0 Å². The molecule has 7 rings (SSSR count). The SMILES string of the molecule is O=C(C1CCC(O)CC1)N1C[C@@H](c2ccc3c(c2)OCO3)[C@@H]2[C@H]1C1CCN2CC1. The Morgan fingerprint density at radius 2 is 1.72 bits per heavy atom. The van der Waals surface area contributed by atoms with Crippen LogP contribution in [0.4, 0.5) is 0 Å². The molecule has 5 fully saturated rings. The molecule has 4 saturated heterocycles. The minimum absolute atomic E-state index is 0.0880. The van der Waals surface area contributed by atoms with Gasteiger partial charge in [-0.25, -0.2) is 0 Å². The Bertz CT molecular complexity index is 798. The highest BCUT2D eigenvalue weighted by molar-refractivity contribution is 5.80.